The standard InChI is InChI=1S/C21H34N4O3.ClH/c1-15-4-6-17(7-5-15)25-13-16(11-19(25)26)21(28)23-9-2-3-18(14-23)24-10-8-22-12-20(24)27;/h15-18,22H,2-14H2,1H3;1H. The van der Waals surface area contributed by atoms with E-state index in [1.54, 1.807) is 0 Å². The molecule has 4 aliphatic rings. The average molecular weight is 427 g/mol. The van der Waals surface area contributed by atoms with Gasteiger partial charge >= 0.3 is 0 Å². The summed E-state index contributed by atoms with van der Waals surface area (Å²) in [4.78, 5) is 43.9. The third-order valence-electron chi connectivity index (χ3n) is 7.21. The molecule has 3 amide bonds. The van der Waals surface area contributed by atoms with Gasteiger partial charge in [0.25, 0.3) is 0 Å². The number of hydrogen-bond donors (Lipinski definition) is 1. The first kappa shape index (κ1) is 22.3. The van der Waals surface area contributed by atoms with Crippen LogP contribution in [-0.4, -0.2) is 83.8 Å². The van der Waals surface area contributed by atoms with Gasteiger partial charge in [0.15, 0.2) is 0 Å². The Morgan fingerprint density at radius 3 is 2.41 bits per heavy atom. The minimum Gasteiger partial charge on any atom is -0.340 e. The fraction of sp³-hybridized carbons (Fsp3) is 0.857. The van der Waals surface area contributed by atoms with Crippen molar-refractivity contribution in [2.24, 2.45) is 11.8 Å². The first-order valence-corrected chi connectivity index (χ1v) is 11.1. The van der Waals surface area contributed by atoms with Gasteiger partial charge in [-0.15, -0.1) is 12.4 Å². The van der Waals surface area contributed by atoms with E-state index in [2.05, 4.69) is 12.2 Å². The zero-order valence-electron chi connectivity index (χ0n) is 17.5. The number of carbonyl (C=O) groups is 3. The lowest BCUT2D eigenvalue weighted by Gasteiger charge is -2.41. The van der Waals surface area contributed by atoms with Crippen LogP contribution in [0.3, 0.4) is 0 Å². The predicted molar refractivity (Wildman–Crippen MR) is 113 cm³/mol. The molecule has 1 saturated carbocycles. The van der Waals surface area contributed by atoms with E-state index in [4.69, 9.17) is 0 Å². The van der Waals surface area contributed by atoms with E-state index < -0.39 is 0 Å². The molecule has 1 N–H and O–H groups in total. The molecule has 0 aromatic carbocycles. The van der Waals surface area contributed by atoms with E-state index in [0.29, 0.717) is 32.1 Å². The summed E-state index contributed by atoms with van der Waals surface area (Å²) >= 11 is 0. The monoisotopic (exact) mass is 426 g/mol. The van der Waals surface area contributed by atoms with E-state index in [1.165, 1.54) is 12.8 Å². The molecule has 0 aromatic rings. The van der Waals surface area contributed by atoms with Crippen LogP contribution in [0.25, 0.3) is 0 Å². The molecule has 3 saturated heterocycles. The SMILES string of the molecule is CC1CCC(N2CC(C(=O)N3CCCC(N4CCNCC4=O)C3)CC2=O)CC1.Cl. The van der Waals surface area contributed by atoms with Gasteiger partial charge in [-0.25, -0.2) is 0 Å². The Hall–Kier alpha value is -1.34. The molecule has 29 heavy (non-hydrogen) atoms. The van der Waals surface area contributed by atoms with E-state index in [-0.39, 0.29) is 42.1 Å². The van der Waals surface area contributed by atoms with Crippen molar-refractivity contribution in [3.63, 3.8) is 0 Å². The van der Waals surface area contributed by atoms with Crippen molar-refractivity contribution in [3.8, 4) is 0 Å². The molecular weight excluding hydrogens is 392 g/mol. The number of hydrogen-bond acceptors (Lipinski definition) is 4. The lowest BCUT2D eigenvalue weighted by molar-refractivity contribution is -0.142. The Morgan fingerprint density at radius 2 is 1.69 bits per heavy atom. The first-order valence-electron chi connectivity index (χ1n) is 11.1. The third kappa shape index (κ3) is 4.88. The molecule has 164 valence electrons. The zero-order chi connectivity index (χ0) is 19.7. The van der Waals surface area contributed by atoms with Crippen LogP contribution in [0.4, 0.5) is 0 Å². The van der Waals surface area contributed by atoms with Gasteiger partial charge in [-0.1, -0.05) is 6.92 Å². The Labute approximate surface area is 179 Å². The van der Waals surface area contributed by atoms with Gasteiger partial charge in [0, 0.05) is 51.2 Å². The molecule has 0 spiro atoms. The van der Waals surface area contributed by atoms with Crippen molar-refractivity contribution in [1.29, 1.82) is 0 Å². The molecule has 4 rings (SSSR count). The number of nitrogens with one attached hydrogen (secondary N) is 1. The number of halogens is 1. The molecule has 2 unspecified atom stereocenters. The first-order chi connectivity index (χ1) is 13.5. The summed E-state index contributed by atoms with van der Waals surface area (Å²) in [5.41, 5.74) is 0. The van der Waals surface area contributed by atoms with Gasteiger partial charge in [0.1, 0.15) is 0 Å². The van der Waals surface area contributed by atoms with Crippen molar-refractivity contribution in [1.82, 2.24) is 20.0 Å². The second kappa shape index (κ2) is 9.65. The number of amides is 3. The highest BCUT2D eigenvalue weighted by Crippen LogP contribution is 2.32. The zero-order valence-corrected chi connectivity index (χ0v) is 18.3. The predicted octanol–water partition coefficient (Wildman–Crippen LogP) is 1.26. The highest BCUT2D eigenvalue weighted by molar-refractivity contribution is 5.89. The Balaban J connectivity index is 0.00000240. The molecule has 2 atom stereocenters. The number of piperazine rings is 1. The minimum atomic E-state index is -0.204. The van der Waals surface area contributed by atoms with Crippen LogP contribution >= 0.6 is 12.4 Å². The lowest BCUT2D eigenvalue weighted by Crippen LogP contribution is -2.58. The van der Waals surface area contributed by atoms with Gasteiger partial charge in [-0.2, -0.15) is 0 Å². The van der Waals surface area contributed by atoms with Crippen LogP contribution in [0.5, 0.6) is 0 Å². The highest BCUT2D eigenvalue weighted by atomic mass is 35.5. The van der Waals surface area contributed by atoms with Gasteiger partial charge < -0.3 is 20.0 Å². The summed E-state index contributed by atoms with van der Waals surface area (Å²) in [6.07, 6.45) is 6.76. The summed E-state index contributed by atoms with van der Waals surface area (Å²) < 4.78 is 0. The summed E-state index contributed by atoms with van der Waals surface area (Å²) in [6, 6.07) is 0.453. The van der Waals surface area contributed by atoms with E-state index >= 15 is 0 Å². The summed E-state index contributed by atoms with van der Waals surface area (Å²) in [6.45, 7) is 6.19. The maximum Gasteiger partial charge on any atom is 0.236 e. The van der Waals surface area contributed by atoms with Gasteiger partial charge in [0.2, 0.25) is 17.7 Å². The maximum absolute atomic E-state index is 13.2. The summed E-state index contributed by atoms with van der Waals surface area (Å²) in [5.74, 6) is 0.962. The van der Waals surface area contributed by atoms with E-state index in [0.717, 1.165) is 51.2 Å². The van der Waals surface area contributed by atoms with Crippen LogP contribution in [0.2, 0.25) is 0 Å². The van der Waals surface area contributed by atoms with Crippen LogP contribution in [0.1, 0.15) is 51.9 Å². The largest absolute Gasteiger partial charge is 0.340 e. The highest BCUT2D eigenvalue weighted by Gasteiger charge is 2.41. The lowest BCUT2D eigenvalue weighted by atomic mass is 9.86. The molecule has 1 aliphatic carbocycles. The smallest absolute Gasteiger partial charge is 0.236 e. The molecule has 3 heterocycles. The number of carbonyl (C=O) groups excluding carboxylic acids is 3. The van der Waals surface area contributed by atoms with Gasteiger partial charge in [-0.05, 0) is 44.4 Å². The molecule has 0 radical (unpaired) electrons. The molecule has 8 heteroatoms. The number of piperidine rings is 1. The van der Waals surface area contributed by atoms with Crippen LogP contribution in [0.15, 0.2) is 0 Å². The second-order valence-electron chi connectivity index (χ2n) is 9.21. The van der Waals surface area contributed by atoms with Crippen molar-refractivity contribution < 1.29 is 14.4 Å². The Bertz CT molecular complexity index is 623. The molecule has 7 nitrogen and oxygen atoms in total. The van der Waals surface area contributed by atoms with Crippen molar-refractivity contribution in [2.75, 3.05) is 39.3 Å². The molecule has 0 aromatic heterocycles. The molecule has 0 bridgehead atoms. The van der Waals surface area contributed by atoms with Crippen molar-refractivity contribution >= 4 is 30.1 Å². The van der Waals surface area contributed by atoms with Crippen LogP contribution in [0, 0.1) is 11.8 Å². The normalized spacial score (nSPS) is 33.6. The van der Waals surface area contributed by atoms with Crippen molar-refractivity contribution in [3.05, 3.63) is 0 Å². The number of nitrogens with zero attached hydrogens (tertiary/aromatic N) is 3. The van der Waals surface area contributed by atoms with Crippen LogP contribution < -0.4 is 5.32 Å². The summed E-state index contributed by atoms with van der Waals surface area (Å²) in [5, 5.41) is 3.11. The minimum absolute atomic E-state index is 0. The molecular formula is C21H35ClN4O3. The Morgan fingerprint density at radius 1 is 0.931 bits per heavy atom. The second-order valence-corrected chi connectivity index (χ2v) is 9.21. The topological polar surface area (TPSA) is 73.0 Å². The van der Waals surface area contributed by atoms with E-state index in [9.17, 15) is 14.4 Å². The number of rotatable bonds is 3. The quantitative estimate of drug-likeness (QED) is 0.737. The van der Waals surface area contributed by atoms with Gasteiger partial charge in [0.05, 0.1) is 12.5 Å². The fourth-order valence-corrected chi connectivity index (χ4v) is 5.48. The summed E-state index contributed by atoms with van der Waals surface area (Å²) in [7, 11) is 0. The fourth-order valence-electron chi connectivity index (χ4n) is 5.48. The van der Waals surface area contributed by atoms with Crippen LogP contribution in [-0.2, 0) is 14.4 Å². The maximum atomic E-state index is 13.2. The van der Waals surface area contributed by atoms with E-state index in [1.807, 2.05) is 14.7 Å². The molecule has 3 aliphatic heterocycles. The third-order valence-corrected chi connectivity index (χ3v) is 7.21. The van der Waals surface area contributed by atoms with Crippen molar-refractivity contribution in [2.45, 2.75) is 64.0 Å². The molecule has 4 fully saturated rings. The Kier molecular flexibility index (Phi) is 7.43. The average Bonchev–Trinajstić information content (AvgIpc) is 3.10. The van der Waals surface area contributed by atoms with Gasteiger partial charge in [-0.3, -0.25) is 14.4 Å². The number of likely N-dealkylation sites (tertiary alicyclic amines) is 2.